The van der Waals surface area contributed by atoms with Crippen LogP contribution in [0.2, 0.25) is 0 Å². The highest BCUT2D eigenvalue weighted by Crippen LogP contribution is 2.17. The summed E-state index contributed by atoms with van der Waals surface area (Å²) in [5.41, 5.74) is 1.88. The number of nitrogens with zero attached hydrogens (tertiary/aromatic N) is 4. The lowest BCUT2D eigenvalue weighted by Gasteiger charge is -2.15. The minimum atomic E-state index is -0.816. The third kappa shape index (κ3) is 5.28. The molecule has 2 heterocycles. The molecular formula is C20H23FN6O2. The van der Waals surface area contributed by atoms with Crippen LogP contribution in [0, 0.1) is 19.7 Å². The number of amides is 1. The van der Waals surface area contributed by atoms with Gasteiger partial charge in [-0.3, -0.25) is 4.79 Å². The summed E-state index contributed by atoms with van der Waals surface area (Å²) in [4.78, 5) is 20.5. The van der Waals surface area contributed by atoms with Gasteiger partial charge in [0.1, 0.15) is 12.1 Å². The Morgan fingerprint density at radius 2 is 2.00 bits per heavy atom. The van der Waals surface area contributed by atoms with Crippen molar-refractivity contribution in [3.05, 3.63) is 59.9 Å². The Hall–Kier alpha value is -3.49. The highest BCUT2D eigenvalue weighted by atomic mass is 19.1. The quantitative estimate of drug-likeness (QED) is 0.566. The SMILES string of the molecule is Cc1cc(C)n(-c2cc(NCCNC(=O)[C@H](C)Oc3ccccc3F)ncn2)n1. The minimum Gasteiger partial charge on any atom is -0.478 e. The molecule has 0 saturated carbocycles. The van der Waals surface area contributed by atoms with Crippen molar-refractivity contribution < 1.29 is 13.9 Å². The third-order valence-electron chi connectivity index (χ3n) is 4.12. The zero-order valence-electron chi connectivity index (χ0n) is 16.5. The fraction of sp³-hybridized carbons (Fsp3) is 0.300. The largest absolute Gasteiger partial charge is 0.478 e. The Labute approximate surface area is 168 Å². The second kappa shape index (κ2) is 9.13. The molecule has 0 aliphatic carbocycles. The first kappa shape index (κ1) is 20.2. The maximum absolute atomic E-state index is 13.6. The molecule has 0 spiro atoms. The van der Waals surface area contributed by atoms with Crippen molar-refractivity contribution in [2.24, 2.45) is 0 Å². The first-order chi connectivity index (χ1) is 13.9. The van der Waals surface area contributed by atoms with Gasteiger partial charge in [-0.2, -0.15) is 5.10 Å². The van der Waals surface area contributed by atoms with Crippen molar-refractivity contribution in [1.29, 1.82) is 0 Å². The molecule has 2 aromatic heterocycles. The van der Waals surface area contributed by atoms with Gasteiger partial charge in [-0.1, -0.05) is 12.1 Å². The number of ether oxygens (including phenoxy) is 1. The average Bonchev–Trinajstić information content (AvgIpc) is 3.05. The third-order valence-corrected chi connectivity index (χ3v) is 4.12. The summed E-state index contributed by atoms with van der Waals surface area (Å²) in [6.07, 6.45) is 0.639. The van der Waals surface area contributed by atoms with Gasteiger partial charge in [0.05, 0.1) is 5.69 Å². The zero-order chi connectivity index (χ0) is 20.8. The van der Waals surface area contributed by atoms with E-state index in [4.69, 9.17) is 4.74 Å². The molecule has 0 unspecified atom stereocenters. The van der Waals surface area contributed by atoms with Crippen LogP contribution in [-0.2, 0) is 4.79 Å². The molecule has 0 aliphatic heterocycles. The number of aryl methyl sites for hydroxylation is 2. The highest BCUT2D eigenvalue weighted by molar-refractivity contribution is 5.80. The molecule has 0 aliphatic rings. The first-order valence-electron chi connectivity index (χ1n) is 9.22. The van der Waals surface area contributed by atoms with E-state index in [2.05, 4.69) is 25.7 Å². The van der Waals surface area contributed by atoms with Crippen molar-refractivity contribution in [2.75, 3.05) is 18.4 Å². The van der Waals surface area contributed by atoms with Crippen LogP contribution in [0.25, 0.3) is 5.82 Å². The normalized spacial score (nSPS) is 11.7. The monoisotopic (exact) mass is 398 g/mol. The number of hydrogen-bond acceptors (Lipinski definition) is 6. The Balaban J connectivity index is 1.48. The topological polar surface area (TPSA) is 94.0 Å². The van der Waals surface area contributed by atoms with E-state index in [1.807, 2.05) is 19.9 Å². The predicted molar refractivity (Wildman–Crippen MR) is 107 cm³/mol. The second-order valence-corrected chi connectivity index (χ2v) is 6.51. The number of benzene rings is 1. The van der Waals surface area contributed by atoms with Gasteiger partial charge in [0, 0.05) is 24.8 Å². The average molecular weight is 398 g/mol. The Morgan fingerprint density at radius 1 is 1.21 bits per heavy atom. The summed E-state index contributed by atoms with van der Waals surface area (Å²) >= 11 is 0. The highest BCUT2D eigenvalue weighted by Gasteiger charge is 2.15. The van der Waals surface area contributed by atoms with Gasteiger partial charge in [0.25, 0.3) is 5.91 Å². The van der Waals surface area contributed by atoms with Crippen LogP contribution in [0.3, 0.4) is 0 Å². The van der Waals surface area contributed by atoms with Crippen molar-refractivity contribution in [3.63, 3.8) is 0 Å². The molecule has 9 heteroatoms. The van der Waals surface area contributed by atoms with E-state index in [0.717, 1.165) is 11.4 Å². The van der Waals surface area contributed by atoms with E-state index < -0.39 is 11.9 Å². The van der Waals surface area contributed by atoms with Crippen molar-refractivity contribution in [3.8, 4) is 11.6 Å². The molecule has 0 radical (unpaired) electrons. The summed E-state index contributed by atoms with van der Waals surface area (Å²) in [6.45, 7) is 6.24. The van der Waals surface area contributed by atoms with Gasteiger partial charge in [0.2, 0.25) is 0 Å². The Morgan fingerprint density at radius 3 is 2.72 bits per heavy atom. The molecule has 1 aromatic carbocycles. The maximum Gasteiger partial charge on any atom is 0.260 e. The number of carbonyl (C=O) groups is 1. The van der Waals surface area contributed by atoms with Gasteiger partial charge in [0.15, 0.2) is 23.5 Å². The van der Waals surface area contributed by atoms with Crippen LogP contribution in [0.1, 0.15) is 18.3 Å². The van der Waals surface area contributed by atoms with E-state index >= 15 is 0 Å². The van der Waals surface area contributed by atoms with Crippen LogP contribution >= 0.6 is 0 Å². The van der Waals surface area contributed by atoms with Crippen LogP contribution in [0.15, 0.2) is 42.7 Å². The number of anilines is 1. The van der Waals surface area contributed by atoms with E-state index in [0.29, 0.717) is 24.7 Å². The first-order valence-corrected chi connectivity index (χ1v) is 9.22. The van der Waals surface area contributed by atoms with Crippen molar-refractivity contribution in [1.82, 2.24) is 25.1 Å². The molecule has 1 atom stereocenters. The van der Waals surface area contributed by atoms with Crippen molar-refractivity contribution >= 4 is 11.7 Å². The lowest BCUT2D eigenvalue weighted by atomic mass is 10.3. The Kier molecular flexibility index (Phi) is 6.38. The molecule has 0 saturated heterocycles. The minimum absolute atomic E-state index is 0.0472. The van der Waals surface area contributed by atoms with E-state index in [1.54, 1.807) is 29.8 Å². The van der Waals surface area contributed by atoms with Crippen LogP contribution in [0.5, 0.6) is 5.75 Å². The number of carbonyl (C=O) groups excluding carboxylic acids is 1. The molecule has 29 heavy (non-hydrogen) atoms. The van der Waals surface area contributed by atoms with E-state index in [9.17, 15) is 9.18 Å². The molecule has 0 bridgehead atoms. The molecule has 3 rings (SSSR count). The fourth-order valence-corrected chi connectivity index (χ4v) is 2.72. The second-order valence-electron chi connectivity index (χ2n) is 6.51. The van der Waals surface area contributed by atoms with Gasteiger partial charge in [-0.25, -0.2) is 19.0 Å². The molecule has 0 fully saturated rings. The summed E-state index contributed by atoms with van der Waals surface area (Å²) in [6, 6.07) is 9.73. The van der Waals surface area contributed by atoms with E-state index in [-0.39, 0.29) is 11.7 Å². The molecular weight excluding hydrogens is 375 g/mol. The zero-order valence-corrected chi connectivity index (χ0v) is 16.5. The van der Waals surface area contributed by atoms with Gasteiger partial charge in [-0.15, -0.1) is 0 Å². The van der Waals surface area contributed by atoms with Crippen molar-refractivity contribution in [2.45, 2.75) is 26.9 Å². The summed E-state index contributed by atoms with van der Waals surface area (Å²) < 4.78 is 20.7. The number of rotatable bonds is 8. The number of hydrogen-bond donors (Lipinski definition) is 2. The molecule has 152 valence electrons. The van der Waals surface area contributed by atoms with Crippen LogP contribution in [0.4, 0.5) is 10.2 Å². The molecule has 3 aromatic rings. The Bertz CT molecular complexity index is 991. The summed E-state index contributed by atoms with van der Waals surface area (Å²) in [7, 11) is 0. The number of nitrogens with one attached hydrogen (secondary N) is 2. The number of halogens is 1. The van der Waals surface area contributed by atoms with E-state index in [1.165, 1.54) is 18.5 Å². The van der Waals surface area contributed by atoms with Gasteiger partial charge < -0.3 is 15.4 Å². The number of para-hydroxylation sites is 1. The number of aromatic nitrogens is 4. The van der Waals surface area contributed by atoms with Crippen LogP contribution < -0.4 is 15.4 Å². The van der Waals surface area contributed by atoms with Crippen LogP contribution in [-0.4, -0.2) is 44.8 Å². The van der Waals surface area contributed by atoms with Gasteiger partial charge >= 0.3 is 0 Å². The predicted octanol–water partition coefficient (Wildman–Crippen LogP) is 2.41. The standard InChI is InChI=1S/C20H23FN6O2/c1-13-10-14(2)27(26-13)19-11-18(24-12-25-19)22-8-9-23-20(28)15(3)29-17-7-5-4-6-16(17)21/h4-7,10-12,15H,8-9H2,1-3H3,(H,23,28)(H,22,24,25)/t15-/m0/s1. The lowest BCUT2D eigenvalue weighted by Crippen LogP contribution is -2.38. The molecule has 1 amide bonds. The fourth-order valence-electron chi connectivity index (χ4n) is 2.72. The summed E-state index contributed by atoms with van der Waals surface area (Å²) in [5.74, 6) is 0.486. The molecule has 8 nitrogen and oxygen atoms in total. The smallest absolute Gasteiger partial charge is 0.260 e. The lowest BCUT2D eigenvalue weighted by molar-refractivity contribution is -0.127. The maximum atomic E-state index is 13.6. The van der Waals surface area contributed by atoms with Gasteiger partial charge in [-0.05, 0) is 39.0 Å². The molecule has 2 N–H and O–H groups in total. The summed E-state index contributed by atoms with van der Waals surface area (Å²) in [5, 5.41) is 10.3.